The van der Waals surface area contributed by atoms with E-state index in [1.807, 2.05) is 24.3 Å². The van der Waals surface area contributed by atoms with E-state index in [0.29, 0.717) is 45.4 Å². The first-order valence-electron chi connectivity index (χ1n) is 10.3. The van der Waals surface area contributed by atoms with Crippen molar-refractivity contribution in [1.82, 2.24) is 25.6 Å². The lowest BCUT2D eigenvalue weighted by atomic mass is 10.1. The van der Waals surface area contributed by atoms with Crippen LogP contribution in [0.2, 0.25) is 0 Å². The molecule has 34 heavy (non-hydrogen) atoms. The number of alkyl halides is 1. The second kappa shape index (κ2) is 9.21. The van der Waals surface area contributed by atoms with Gasteiger partial charge in [-0.2, -0.15) is 5.10 Å². The lowest BCUT2D eigenvalue weighted by Gasteiger charge is -2.33. The zero-order valence-corrected chi connectivity index (χ0v) is 20.0. The predicted molar refractivity (Wildman–Crippen MR) is 133 cm³/mol. The molecule has 2 N–H and O–H groups in total. The van der Waals surface area contributed by atoms with Gasteiger partial charge in [-0.3, -0.25) is 20.3 Å². The van der Waals surface area contributed by atoms with Crippen molar-refractivity contribution in [3.8, 4) is 17.0 Å². The SMILES string of the molecule is COc1cccc(C2=Nc3c(-c4ccccc4F)n[nH]c3C(I)N2NC(=O)c2cccnc2)c1. The summed E-state index contributed by atoms with van der Waals surface area (Å²) in [7, 11) is 1.58. The van der Waals surface area contributed by atoms with Crippen molar-refractivity contribution in [2.24, 2.45) is 4.99 Å². The second-order valence-corrected chi connectivity index (χ2v) is 8.55. The minimum absolute atomic E-state index is 0.338. The summed E-state index contributed by atoms with van der Waals surface area (Å²) in [6, 6.07) is 17.1. The molecule has 2 aromatic carbocycles. The second-order valence-electron chi connectivity index (χ2n) is 7.37. The molecule has 1 atom stereocenters. The number of carbonyl (C=O) groups is 1. The molecule has 3 heterocycles. The Hall–Kier alpha value is -3.80. The Bertz CT molecular complexity index is 1390. The van der Waals surface area contributed by atoms with Gasteiger partial charge in [0.15, 0.2) is 5.84 Å². The van der Waals surface area contributed by atoms with Gasteiger partial charge in [-0.25, -0.2) is 14.4 Å². The van der Waals surface area contributed by atoms with Gasteiger partial charge in [-0.15, -0.1) is 0 Å². The van der Waals surface area contributed by atoms with Crippen LogP contribution in [-0.2, 0) is 0 Å². The summed E-state index contributed by atoms with van der Waals surface area (Å²) < 4.78 is 19.5. The zero-order valence-electron chi connectivity index (χ0n) is 17.9. The van der Waals surface area contributed by atoms with Gasteiger partial charge in [0.05, 0.1) is 18.4 Å². The van der Waals surface area contributed by atoms with Crippen molar-refractivity contribution in [2.75, 3.05) is 7.11 Å². The van der Waals surface area contributed by atoms with Gasteiger partial charge < -0.3 is 4.74 Å². The van der Waals surface area contributed by atoms with Crippen LogP contribution in [0.3, 0.4) is 0 Å². The number of amides is 1. The van der Waals surface area contributed by atoms with Crippen LogP contribution >= 0.6 is 22.6 Å². The normalized spacial score (nSPS) is 14.9. The van der Waals surface area contributed by atoms with Crippen molar-refractivity contribution in [3.05, 3.63) is 95.7 Å². The van der Waals surface area contributed by atoms with Crippen molar-refractivity contribution >= 4 is 40.0 Å². The maximum Gasteiger partial charge on any atom is 0.271 e. The number of nitrogens with zero attached hydrogens (tertiary/aromatic N) is 4. The van der Waals surface area contributed by atoms with E-state index in [2.05, 4.69) is 43.2 Å². The molecule has 8 nitrogen and oxygen atoms in total. The van der Waals surface area contributed by atoms with Crippen LogP contribution in [0.4, 0.5) is 10.1 Å². The Morgan fingerprint density at radius 3 is 2.79 bits per heavy atom. The fraction of sp³-hybridized carbons (Fsp3) is 0.0833. The molecule has 4 aromatic rings. The molecule has 1 aliphatic heterocycles. The lowest BCUT2D eigenvalue weighted by Crippen LogP contribution is -2.48. The molecule has 0 fully saturated rings. The topological polar surface area (TPSA) is 95.5 Å². The van der Waals surface area contributed by atoms with E-state index in [-0.39, 0.29) is 5.91 Å². The monoisotopic (exact) mass is 568 g/mol. The molecule has 1 amide bonds. The highest BCUT2D eigenvalue weighted by atomic mass is 127. The summed E-state index contributed by atoms with van der Waals surface area (Å²) in [5.74, 6) is 0.355. The van der Waals surface area contributed by atoms with E-state index in [0.717, 1.165) is 0 Å². The van der Waals surface area contributed by atoms with Gasteiger partial charge >= 0.3 is 0 Å². The fourth-order valence-electron chi connectivity index (χ4n) is 3.61. The molecule has 0 radical (unpaired) electrons. The number of pyridine rings is 1. The Kier molecular flexibility index (Phi) is 5.97. The Balaban J connectivity index is 1.63. The Labute approximate surface area is 208 Å². The molecule has 2 aromatic heterocycles. The van der Waals surface area contributed by atoms with Crippen molar-refractivity contribution < 1.29 is 13.9 Å². The van der Waals surface area contributed by atoms with Gasteiger partial charge in [0.1, 0.15) is 27.0 Å². The van der Waals surface area contributed by atoms with Crippen molar-refractivity contribution in [3.63, 3.8) is 0 Å². The molecule has 0 spiro atoms. The van der Waals surface area contributed by atoms with E-state index in [1.165, 1.54) is 12.3 Å². The fourth-order valence-corrected chi connectivity index (χ4v) is 4.45. The molecule has 0 bridgehead atoms. The molecule has 1 aliphatic rings. The largest absolute Gasteiger partial charge is 0.497 e. The smallest absolute Gasteiger partial charge is 0.271 e. The van der Waals surface area contributed by atoms with Gasteiger partial charge in [0.25, 0.3) is 5.91 Å². The van der Waals surface area contributed by atoms with Crippen LogP contribution in [0.15, 0.2) is 78.0 Å². The standard InChI is InChI=1S/C24H18FIN6O2/c1-34-16-8-4-6-14(12-16)23-28-20-19(17-9-2-3-10-18(17)25)29-30-21(20)22(26)32(23)31-24(33)15-7-5-11-27-13-15/h2-13,22H,1H3,(H,29,30)(H,31,33). The van der Waals surface area contributed by atoms with Crippen molar-refractivity contribution in [1.29, 1.82) is 0 Å². The van der Waals surface area contributed by atoms with E-state index in [1.54, 1.807) is 48.6 Å². The summed E-state index contributed by atoms with van der Waals surface area (Å²) in [5.41, 5.74) is 5.91. The number of halogens is 2. The number of methoxy groups -OCH3 is 1. The number of ether oxygens (including phenoxy) is 1. The average molecular weight is 568 g/mol. The highest BCUT2D eigenvalue weighted by molar-refractivity contribution is 14.1. The number of carbonyl (C=O) groups excluding carboxylic acids is 1. The number of amidine groups is 1. The molecule has 170 valence electrons. The summed E-state index contributed by atoms with van der Waals surface area (Å²) in [5, 5.41) is 8.99. The van der Waals surface area contributed by atoms with Gasteiger partial charge in [-0.05, 0) is 59.0 Å². The number of hydrogen-bond acceptors (Lipinski definition) is 6. The predicted octanol–water partition coefficient (Wildman–Crippen LogP) is 4.79. The number of aromatic nitrogens is 3. The molecule has 0 aliphatic carbocycles. The number of benzene rings is 2. The molecule has 0 saturated carbocycles. The Morgan fingerprint density at radius 1 is 1.18 bits per heavy atom. The van der Waals surface area contributed by atoms with Crippen molar-refractivity contribution in [2.45, 2.75) is 4.05 Å². The van der Waals surface area contributed by atoms with Gasteiger partial charge in [-0.1, -0.05) is 24.3 Å². The minimum Gasteiger partial charge on any atom is -0.497 e. The van der Waals surface area contributed by atoms with E-state index in [4.69, 9.17) is 9.73 Å². The van der Waals surface area contributed by atoms with Crippen LogP contribution in [0.1, 0.15) is 25.7 Å². The maximum absolute atomic E-state index is 14.6. The number of nitrogens with one attached hydrogen (secondary N) is 2. The summed E-state index contributed by atoms with van der Waals surface area (Å²) in [6.45, 7) is 0. The van der Waals surface area contributed by atoms with Crippen LogP contribution < -0.4 is 10.2 Å². The number of aliphatic imine (C=N–C) groups is 1. The van der Waals surface area contributed by atoms with Gasteiger partial charge in [0.2, 0.25) is 0 Å². The molecule has 5 rings (SSSR count). The average Bonchev–Trinajstić information content (AvgIpc) is 3.30. The first-order chi connectivity index (χ1) is 16.6. The summed E-state index contributed by atoms with van der Waals surface area (Å²) >= 11 is 2.18. The van der Waals surface area contributed by atoms with Crippen LogP contribution in [0, 0.1) is 5.82 Å². The maximum atomic E-state index is 14.6. The van der Waals surface area contributed by atoms with E-state index >= 15 is 0 Å². The third kappa shape index (κ3) is 4.00. The number of aromatic amines is 1. The highest BCUT2D eigenvalue weighted by Gasteiger charge is 2.35. The summed E-state index contributed by atoms with van der Waals surface area (Å²) in [4.78, 5) is 21.8. The third-order valence-corrected chi connectivity index (χ3v) is 6.46. The van der Waals surface area contributed by atoms with Gasteiger partial charge in [0, 0.05) is 23.5 Å². The van der Waals surface area contributed by atoms with E-state index in [9.17, 15) is 9.18 Å². The first kappa shape index (κ1) is 22.0. The number of hydrazine groups is 1. The Morgan fingerprint density at radius 2 is 2.03 bits per heavy atom. The summed E-state index contributed by atoms with van der Waals surface area (Å²) in [6.07, 6.45) is 3.09. The van der Waals surface area contributed by atoms with Crippen LogP contribution in [-0.4, -0.2) is 39.0 Å². The molecular formula is C24H18FIN6O2. The van der Waals surface area contributed by atoms with Crippen LogP contribution in [0.5, 0.6) is 5.75 Å². The zero-order chi connectivity index (χ0) is 23.7. The molecular weight excluding hydrogens is 550 g/mol. The molecule has 10 heteroatoms. The van der Waals surface area contributed by atoms with Crippen LogP contribution in [0.25, 0.3) is 11.3 Å². The number of H-pyrrole nitrogens is 1. The number of fused-ring (bicyclic) bond motifs is 1. The van der Waals surface area contributed by atoms with E-state index < -0.39 is 9.87 Å². The molecule has 0 saturated heterocycles. The highest BCUT2D eigenvalue weighted by Crippen LogP contribution is 2.43. The minimum atomic E-state index is -0.417. The quantitative estimate of drug-likeness (QED) is 0.205. The number of hydrogen-bond donors (Lipinski definition) is 2. The first-order valence-corrected chi connectivity index (χ1v) is 11.5. The molecule has 1 unspecified atom stereocenters. The number of rotatable bonds is 5. The lowest BCUT2D eigenvalue weighted by molar-refractivity contribution is 0.0864. The third-order valence-electron chi connectivity index (χ3n) is 5.28.